The standard InChI is InChI=1S/C13H15N3O/c1-9(2)7-10-8-12(17)16-13(15-10)11-5-3-4-6-14-11/h3-6,8-9H,7H2,1-2H3,(H,15,16,17). The van der Waals surface area contributed by atoms with Crippen molar-refractivity contribution in [2.75, 3.05) is 0 Å². The van der Waals surface area contributed by atoms with E-state index >= 15 is 0 Å². The van der Waals surface area contributed by atoms with Crippen molar-refractivity contribution in [2.24, 2.45) is 5.92 Å². The van der Waals surface area contributed by atoms with Crippen molar-refractivity contribution in [2.45, 2.75) is 20.3 Å². The van der Waals surface area contributed by atoms with E-state index < -0.39 is 0 Å². The molecule has 0 atom stereocenters. The van der Waals surface area contributed by atoms with Crippen LogP contribution in [0.15, 0.2) is 35.3 Å². The lowest BCUT2D eigenvalue weighted by Gasteiger charge is -2.05. The molecule has 0 saturated carbocycles. The van der Waals surface area contributed by atoms with Crippen LogP contribution in [0.2, 0.25) is 0 Å². The predicted molar refractivity (Wildman–Crippen MR) is 66.6 cm³/mol. The van der Waals surface area contributed by atoms with Crippen LogP contribution >= 0.6 is 0 Å². The topological polar surface area (TPSA) is 58.6 Å². The SMILES string of the molecule is CC(C)Cc1cc(=O)[nH]c(-c2ccccn2)n1. The molecule has 0 unspecified atom stereocenters. The summed E-state index contributed by atoms with van der Waals surface area (Å²) in [5.41, 5.74) is 1.37. The molecule has 0 aromatic carbocycles. The van der Waals surface area contributed by atoms with E-state index in [0.717, 1.165) is 12.1 Å². The van der Waals surface area contributed by atoms with Gasteiger partial charge in [0.25, 0.3) is 5.56 Å². The number of rotatable bonds is 3. The van der Waals surface area contributed by atoms with Gasteiger partial charge in [-0.25, -0.2) is 4.98 Å². The fraction of sp³-hybridized carbons (Fsp3) is 0.308. The molecule has 0 saturated heterocycles. The number of nitrogens with one attached hydrogen (secondary N) is 1. The quantitative estimate of drug-likeness (QED) is 0.876. The van der Waals surface area contributed by atoms with Gasteiger partial charge in [-0.05, 0) is 24.5 Å². The van der Waals surface area contributed by atoms with Crippen LogP contribution < -0.4 is 5.56 Å². The van der Waals surface area contributed by atoms with Gasteiger partial charge in [-0.15, -0.1) is 0 Å². The Hall–Kier alpha value is -1.97. The Balaban J connectivity index is 2.42. The average molecular weight is 229 g/mol. The Morgan fingerprint density at radius 2 is 2.18 bits per heavy atom. The first-order valence-electron chi connectivity index (χ1n) is 5.67. The first-order valence-corrected chi connectivity index (χ1v) is 5.67. The molecule has 0 aliphatic carbocycles. The van der Waals surface area contributed by atoms with E-state index in [2.05, 4.69) is 28.8 Å². The van der Waals surface area contributed by atoms with Crippen molar-refractivity contribution in [1.29, 1.82) is 0 Å². The zero-order chi connectivity index (χ0) is 12.3. The summed E-state index contributed by atoms with van der Waals surface area (Å²) < 4.78 is 0. The van der Waals surface area contributed by atoms with Crippen molar-refractivity contribution < 1.29 is 0 Å². The predicted octanol–water partition coefficient (Wildman–Crippen LogP) is 2.03. The molecule has 0 bridgehead atoms. The van der Waals surface area contributed by atoms with E-state index in [0.29, 0.717) is 17.4 Å². The largest absolute Gasteiger partial charge is 0.305 e. The van der Waals surface area contributed by atoms with Gasteiger partial charge >= 0.3 is 0 Å². The molecule has 2 aromatic rings. The number of aromatic amines is 1. The fourth-order valence-corrected chi connectivity index (χ4v) is 1.65. The minimum Gasteiger partial charge on any atom is -0.305 e. The molecule has 2 heterocycles. The van der Waals surface area contributed by atoms with Crippen molar-refractivity contribution in [3.8, 4) is 11.5 Å². The highest BCUT2D eigenvalue weighted by atomic mass is 16.1. The van der Waals surface area contributed by atoms with Crippen molar-refractivity contribution >= 4 is 0 Å². The van der Waals surface area contributed by atoms with Crippen LogP contribution in [0.1, 0.15) is 19.5 Å². The summed E-state index contributed by atoms with van der Waals surface area (Å²) in [5.74, 6) is 1.01. The monoisotopic (exact) mass is 229 g/mol. The molecule has 0 fully saturated rings. The van der Waals surface area contributed by atoms with Crippen LogP contribution in [0.4, 0.5) is 0 Å². The summed E-state index contributed by atoms with van der Waals surface area (Å²) in [4.78, 5) is 22.9. The molecule has 17 heavy (non-hydrogen) atoms. The minimum atomic E-state index is -0.128. The van der Waals surface area contributed by atoms with Gasteiger partial charge in [0, 0.05) is 18.0 Å². The lowest BCUT2D eigenvalue weighted by atomic mass is 10.1. The molecule has 0 aliphatic rings. The third-order valence-corrected chi connectivity index (χ3v) is 2.32. The molecule has 4 heteroatoms. The van der Waals surface area contributed by atoms with Gasteiger partial charge in [0.05, 0.1) is 0 Å². The zero-order valence-electron chi connectivity index (χ0n) is 9.97. The van der Waals surface area contributed by atoms with Crippen molar-refractivity contribution in [1.82, 2.24) is 15.0 Å². The second kappa shape index (κ2) is 4.91. The van der Waals surface area contributed by atoms with Crippen molar-refractivity contribution in [3.63, 3.8) is 0 Å². The Labute approximate surface area is 99.8 Å². The second-order valence-electron chi connectivity index (χ2n) is 4.40. The molecular weight excluding hydrogens is 214 g/mol. The minimum absolute atomic E-state index is 0.128. The van der Waals surface area contributed by atoms with E-state index in [1.54, 1.807) is 12.3 Å². The molecule has 88 valence electrons. The van der Waals surface area contributed by atoms with E-state index in [9.17, 15) is 4.79 Å². The van der Waals surface area contributed by atoms with Gasteiger partial charge in [0.1, 0.15) is 5.69 Å². The third-order valence-electron chi connectivity index (χ3n) is 2.32. The maximum Gasteiger partial charge on any atom is 0.251 e. The van der Waals surface area contributed by atoms with Gasteiger partial charge in [-0.2, -0.15) is 0 Å². The van der Waals surface area contributed by atoms with E-state index in [-0.39, 0.29) is 5.56 Å². The fourth-order valence-electron chi connectivity index (χ4n) is 1.65. The molecule has 2 aromatic heterocycles. The van der Waals surface area contributed by atoms with E-state index in [1.807, 2.05) is 18.2 Å². The maximum atomic E-state index is 11.5. The Morgan fingerprint density at radius 1 is 1.35 bits per heavy atom. The summed E-state index contributed by atoms with van der Waals surface area (Å²) in [6.45, 7) is 4.20. The molecule has 0 amide bonds. The number of aromatic nitrogens is 3. The van der Waals surface area contributed by atoms with E-state index in [1.165, 1.54) is 0 Å². The summed E-state index contributed by atoms with van der Waals surface area (Å²) in [7, 11) is 0. The molecular formula is C13H15N3O. The lowest BCUT2D eigenvalue weighted by Crippen LogP contribution is -2.12. The average Bonchev–Trinajstić information content (AvgIpc) is 2.28. The summed E-state index contributed by atoms with van der Waals surface area (Å²) in [6.07, 6.45) is 2.48. The van der Waals surface area contributed by atoms with Crippen LogP contribution in [0.3, 0.4) is 0 Å². The lowest BCUT2D eigenvalue weighted by molar-refractivity contribution is 0.633. The molecule has 0 spiro atoms. The van der Waals surface area contributed by atoms with Gasteiger partial charge < -0.3 is 4.98 Å². The van der Waals surface area contributed by atoms with Crippen LogP contribution in [0.5, 0.6) is 0 Å². The number of H-pyrrole nitrogens is 1. The molecule has 0 radical (unpaired) electrons. The van der Waals surface area contributed by atoms with Crippen molar-refractivity contribution in [3.05, 3.63) is 46.5 Å². The van der Waals surface area contributed by atoms with Gasteiger partial charge in [0.2, 0.25) is 0 Å². The smallest absolute Gasteiger partial charge is 0.251 e. The first kappa shape index (κ1) is 11.5. The molecule has 1 N–H and O–H groups in total. The van der Waals surface area contributed by atoms with Gasteiger partial charge in [-0.1, -0.05) is 19.9 Å². The summed E-state index contributed by atoms with van der Waals surface area (Å²) >= 11 is 0. The van der Waals surface area contributed by atoms with Crippen LogP contribution in [0.25, 0.3) is 11.5 Å². The number of pyridine rings is 1. The molecule has 2 rings (SSSR count). The Bertz CT molecular complexity index is 546. The first-order chi connectivity index (χ1) is 8.15. The van der Waals surface area contributed by atoms with Crippen LogP contribution in [-0.4, -0.2) is 15.0 Å². The number of hydrogen-bond donors (Lipinski definition) is 1. The number of hydrogen-bond acceptors (Lipinski definition) is 3. The van der Waals surface area contributed by atoms with Gasteiger partial charge in [0.15, 0.2) is 5.82 Å². The highest BCUT2D eigenvalue weighted by Gasteiger charge is 2.06. The van der Waals surface area contributed by atoms with Gasteiger partial charge in [-0.3, -0.25) is 9.78 Å². The highest BCUT2D eigenvalue weighted by Crippen LogP contribution is 2.10. The number of nitrogens with zero attached hydrogens (tertiary/aromatic N) is 2. The summed E-state index contributed by atoms with van der Waals surface area (Å²) in [5, 5.41) is 0. The van der Waals surface area contributed by atoms with Crippen LogP contribution in [0, 0.1) is 5.92 Å². The zero-order valence-corrected chi connectivity index (χ0v) is 9.97. The Kier molecular flexibility index (Phi) is 3.32. The molecule has 4 nitrogen and oxygen atoms in total. The van der Waals surface area contributed by atoms with E-state index in [4.69, 9.17) is 0 Å². The Morgan fingerprint density at radius 3 is 2.82 bits per heavy atom. The highest BCUT2D eigenvalue weighted by molar-refractivity contribution is 5.47. The third kappa shape index (κ3) is 3.00. The van der Waals surface area contributed by atoms with Crippen LogP contribution in [-0.2, 0) is 6.42 Å². The maximum absolute atomic E-state index is 11.5. The normalized spacial score (nSPS) is 10.8. The second-order valence-corrected chi connectivity index (χ2v) is 4.40. The summed E-state index contributed by atoms with van der Waals surface area (Å²) in [6, 6.07) is 7.08. The molecule has 0 aliphatic heterocycles.